The van der Waals surface area contributed by atoms with Crippen LogP contribution in [0.1, 0.15) is 95.6 Å². The van der Waals surface area contributed by atoms with Gasteiger partial charge in [-0.25, -0.2) is 9.97 Å². The summed E-state index contributed by atoms with van der Waals surface area (Å²) in [7, 11) is 0. The average Bonchev–Trinajstić information content (AvgIpc) is 4.12. The minimum atomic E-state index is -0.323. The van der Waals surface area contributed by atoms with Crippen molar-refractivity contribution in [3.8, 4) is 33.8 Å². The van der Waals surface area contributed by atoms with Crippen LogP contribution in [0.25, 0.3) is 44.8 Å². The number of amides is 2. The smallest absolute Gasteiger partial charge is 0.245 e. The first kappa shape index (κ1) is 39.3. The Hall–Kier alpha value is -5.52. The maximum Gasteiger partial charge on any atom is 0.245 e. The molecule has 5 heterocycles. The Labute approximate surface area is 341 Å². The summed E-state index contributed by atoms with van der Waals surface area (Å²) in [4.78, 5) is 52.9. The van der Waals surface area contributed by atoms with Crippen LogP contribution in [0.5, 0.6) is 0 Å². The molecule has 11 heteroatoms. The first-order valence-corrected chi connectivity index (χ1v) is 21.2. The van der Waals surface area contributed by atoms with Crippen LogP contribution in [0.4, 0.5) is 0 Å². The van der Waals surface area contributed by atoms with Crippen LogP contribution in [-0.4, -0.2) is 96.7 Å². The number of likely N-dealkylation sites (tertiary alicyclic amines) is 2. The number of imidazole rings is 2. The zero-order chi connectivity index (χ0) is 40.3. The number of carbonyl (C=O) groups is 2. The fourth-order valence-electron chi connectivity index (χ4n) is 9.16. The van der Waals surface area contributed by atoms with Crippen LogP contribution >= 0.6 is 0 Å². The van der Waals surface area contributed by atoms with Crippen molar-refractivity contribution in [2.45, 2.75) is 84.5 Å². The highest BCUT2D eigenvalue weighted by molar-refractivity contribution is 5.87. The van der Waals surface area contributed by atoms with E-state index in [9.17, 15) is 9.59 Å². The monoisotopic (exact) mass is 780 g/mol. The molecule has 0 spiro atoms. The number of hydrogen-bond acceptors (Lipinski definition) is 7. The zero-order valence-corrected chi connectivity index (χ0v) is 34.4. The van der Waals surface area contributed by atoms with E-state index in [1.165, 1.54) is 0 Å². The summed E-state index contributed by atoms with van der Waals surface area (Å²) in [6, 6.07) is 26.1. The van der Waals surface area contributed by atoms with Crippen LogP contribution in [0.15, 0.2) is 95.7 Å². The summed E-state index contributed by atoms with van der Waals surface area (Å²) in [5, 5.41) is 1.000. The second kappa shape index (κ2) is 17.1. The van der Waals surface area contributed by atoms with Crippen LogP contribution in [0, 0.1) is 0 Å². The fraction of sp³-hybridized carbons (Fsp3) is 0.404. The van der Waals surface area contributed by atoms with E-state index in [2.05, 4.69) is 102 Å². The number of furan rings is 1. The van der Waals surface area contributed by atoms with Crippen molar-refractivity contribution in [2.24, 2.45) is 0 Å². The molecule has 2 aliphatic rings. The quantitative estimate of drug-likeness (QED) is 0.113. The van der Waals surface area contributed by atoms with Gasteiger partial charge in [0.15, 0.2) is 0 Å². The van der Waals surface area contributed by atoms with Gasteiger partial charge in [-0.05, 0) is 94.2 Å². The minimum Gasteiger partial charge on any atom is -0.456 e. The van der Waals surface area contributed by atoms with E-state index in [0.29, 0.717) is 0 Å². The second-order valence-corrected chi connectivity index (χ2v) is 15.6. The van der Waals surface area contributed by atoms with Gasteiger partial charge >= 0.3 is 0 Å². The molecule has 11 nitrogen and oxygen atoms in total. The summed E-state index contributed by atoms with van der Waals surface area (Å²) in [5.74, 6) is 2.76. The third-order valence-corrected chi connectivity index (χ3v) is 12.4. The highest BCUT2D eigenvalue weighted by Crippen LogP contribution is 2.37. The van der Waals surface area contributed by atoms with Gasteiger partial charge < -0.3 is 24.2 Å². The molecule has 2 aliphatic heterocycles. The summed E-state index contributed by atoms with van der Waals surface area (Å²) in [6.45, 7) is 15.2. The number of hydrogen-bond donors (Lipinski definition) is 2. The molecule has 0 radical (unpaired) electrons. The Kier molecular flexibility index (Phi) is 11.6. The van der Waals surface area contributed by atoms with Gasteiger partial charge in [-0.3, -0.25) is 19.4 Å². The lowest BCUT2D eigenvalue weighted by Gasteiger charge is -2.34. The largest absolute Gasteiger partial charge is 0.456 e. The number of nitrogens with one attached hydrogen (secondary N) is 2. The van der Waals surface area contributed by atoms with Crippen LogP contribution < -0.4 is 0 Å². The molecule has 302 valence electrons. The van der Waals surface area contributed by atoms with E-state index in [-0.39, 0.29) is 36.0 Å². The van der Waals surface area contributed by atoms with Crippen molar-refractivity contribution in [3.63, 3.8) is 0 Å². The third kappa shape index (κ3) is 7.60. The summed E-state index contributed by atoms with van der Waals surface area (Å²) in [5.41, 5.74) is 6.68. The van der Waals surface area contributed by atoms with E-state index >= 15 is 0 Å². The molecular weight excluding hydrogens is 725 g/mol. The van der Waals surface area contributed by atoms with Crippen molar-refractivity contribution in [2.75, 3.05) is 39.3 Å². The molecule has 3 aromatic carbocycles. The van der Waals surface area contributed by atoms with Gasteiger partial charge in [0, 0.05) is 29.6 Å². The van der Waals surface area contributed by atoms with Gasteiger partial charge in [0.05, 0.1) is 41.9 Å². The number of aromatic amines is 2. The molecule has 0 bridgehead atoms. The minimum absolute atomic E-state index is 0.0378. The molecule has 0 aliphatic carbocycles. The zero-order valence-electron chi connectivity index (χ0n) is 34.4. The molecule has 8 rings (SSSR count). The van der Waals surface area contributed by atoms with Crippen LogP contribution in [-0.2, 0) is 9.59 Å². The van der Waals surface area contributed by atoms with E-state index in [4.69, 9.17) is 14.4 Å². The standard InChI is InChI=1S/C47H56N8O3/c1-6-52(7-2)31(5)46(56)54-25-13-17-39(54)44-48-29-37(50-44)32-19-21-33(22-20-32)42-28-36-27-35(23-24-41(36)58-42)38-30-49-45(51-38)40-18-14-26-55(40)47(57)43(53(8-3)9-4)34-15-11-10-12-16-34/h10-12,15-16,19-24,27-31,39-40,43H,6-9,13-14,17-18,25-26H2,1-5H3,(H,48,50)(H,49,51)/t31-,39+,40+,43?/m1/s1. The van der Waals surface area contributed by atoms with Crippen LogP contribution in [0.3, 0.4) is 0 Å². The fourth-order valence-corrected chi connectivity index (χ4v) is 9.16. The second-order valence-electron chi connectivity index (χ2n) is 15.6. The summed E-state index contributed by atoms with van der Waals surface area (Å²) in [6.07, 6.45) is 7.45. The van der Waals surface area contributed by atoms with Crippen molar-refractivity contribution in [1.82, 2.24) is 39.5 Å². The molecule has 6 aromatic rings. The molecule has 1 unspecified atom stereocenters. The number of rotatable bonds is 14. The lowest BCUT2D eigenvalue weighted by atomic mass is 10.0. The number of likely N-dealkylation sites (N-methyl/N-ethyl adjacent to an activating group) is 2. The molecule has 3 aromatic heterocycles. The average molecular weight is 781 g/mol. The van der Waals surface area contributed by atoms with Crippen molar-refractivity contribution < 1.29 is 14.0 Å². The number of benzene rings is 3. The topological polar surface area (TPSA) is 118 Å². The highest BCUT2D eigenvalue weighted by Gasteiger charge is 2.38. The van der Waals surface area contributed by atoms with Crippen molar-refractivity contribution in [3.05, 3.63) is 108 Å². The predicted octanol–water partition coefficient (Wildman–Crippen LogP) is 9.02. The van der Waals surface area contributed by atoms with E-state index in [1.54, 1.807) is 0 Å². The number of H-pyrrole nitrogens is 2. The molecule has 2 amide bonds. The van der Waals surface area contributed by atoms with E-state index in [0.717, 1.165) is 127 Å². The third-order valence-electron chi connectivity index (χ3n) is 12.4. The van der Waals surface area contributed by atoms with Gasteiger partial charge in [0.25, 0.3) is 0 Å². The predicted molar refractivity (Wildman–Crippen MR) is 229 cm³/mol. The lowest BCUT2D eigenvalue weighted by Crippen LogP contribution is -2.46. The van der Waals surface area contributed by atoms with Crippen LogP contribution in [0.2, 0.25) is 0 Å². The maximum atomic E-state index is 14.3. The van der Waals surface area contributed by atoms with E-state index < -0.39 is 0 Å². The highest BCUT2D eigenvalue weighted by atomic mass is 16.3. The number of aromatic nitrogens is 4. The van der Waals surface area contributed by atoms with Gasteiger partial charge in [0.2, 0.25) is 11.8 Å². The summed E-state index contributed by atoms with van der Waals surface area (Å²) < 4.78 is 6.34. The van der Waals surface area contributed by atoms with E-state index in [1.807, 2.05) is 53.4 Å². The first-order valence-electron chi connectivity index (χ1n) is 21.2. The number of nitrogens with zero attached hydrogens (tertiary/aromatic N) is 6. The van der Waals surface area contributed by atoms with Crippen molar-refractivity contribution >= 4 is 22.8 Å². The summed E-state index contributed by atoms with van der Waals surface area (Å²) >= 11 is 0. The first-order chi connectivity index (χ1) is 28.3. The SMILES string of the molecule is CCN(CC)C(C(=O)N1CCC[C@H]1c1ncc(-c2ccc3oc(-c4ccc(-c5cnc([C@@H]6CCCN6C(=O)[C@@H](C)N(CC)CC)[nH]5)cc4)cc3c2)[nH]1)c1ccccc1. The van der Waals surface area contributed by atoms with Gasteiger partial charge in [-0.2, -0.15) is 0 Å². The molecular formula is C47H56N8O3. The Bertz CT molecular complexity index is 2320. The molecule has 4 atom stereocenters. The maximum absolute atomic E-state index is 14.3. The normalized spacial score (nSPS) is 18.2. The van der Waals surface area contributed by atoms with Crippen molar-refractivity contribution in [1.29, 1.82) is 0 Å². The molecule has 58 heavy (non-hydrogen) atoms. The van der Waals surface area contributed by atoms with Gasteiger partial charge in [-0.15, -0.1) is 0 Å². The Balaban J connectivity index is 0.960. The van der Waals surface area contributed by atoms with Gasteiger partial charge in [0.1, 0.15) is 29.0 Å². The molecule has 0 saturated carbocycles. The Morgan fingerprint density at radius 2 is 1.26 bits per heavy atom. The number of fused-ring (bicyclic) bond motifs is 1. The van der Waals surface area contributed by atoms with Gasteiger partial charge in [-0.1, -0.05) is 82.3 Å². The Morgan fingerprint density at radius 1 is 0.707 bits per heavy atom. The molecule has 2 fully saturated rings. The Morgan fingerprint density at radius 3 is 1.86 bits per heavy atom. The number of carbonyl (C=O) groups excluding carboxylic acids is 2. The molecule has 2 N–H and O–H groups in total. The lowest BCUT2D eigenvalue weighted by molar-refractivity contribution is -0.138. The molecule has 2 saturated heterocycles.